The van der Waals surface area contributed by atoms with E-state index in [4.69, 9.17) is 5.11 Å². The van der Waals surface area contributed by atoms with E-state index in [1.54, 1.807) is 6.92 Å². The van der Waals surface area contributed by atoms with E-state index in [0.717, 1.165) is 36.9 Å². The molecule has 2 N–H and O–H groups in total. The van der Waals surface area contributed by atoms with Gasteiger partial charge in [-0.05, 0) is 39.5 Å². The zero-order chi connectivity index (χ0) is 12.4. The van der Waals surface area contributed by atoms with Crippen LogP contribution in [0.1, 0.15) is 36.8 Å². The summed E-state index contributed by atoms with van der Waals surface area (Å²) in [5.74, 6) is 0.527. The Kier molecular flexibility index (Phi) is 3.26. The minimum atomic E-state index is -0.870. The Morgan fingerprint density at radius 3 is 2.76 bits per heavy atom. The van der Waals surface area contributed by atoms with Crippen LogP contribution in [0.4, 0.5) is 5.82 Å². The monoisotopic (exact) mass is 235 g/mol. The molecule has 0 radical (unpaired) electrons. The Morgan fingerprint density at radius 1 is 1.35 bits per heavy atom. The minimum absolute atomic E-state index is 0.629. The highest BCUT2D eigenvalue weighted by atomic mass is 16.4. The Morgan fingerprint density at radius 2 is 2.06 bits per heavy atom. The number of fused-ring (bicyclic) bond motifs is 1. The number of hydrogen-bond acceptors (Lipinski definition) is 4. The van der Waals surface area contributed by atoms with Crippen molar-refractivity contribution >= 4 is 11.8 Å². The molecule has 0 spiro atoms. The normalized spacial score (nSPS) is 16.1. The van der Waals surface area contributed by atoms with E-state index in [1.165, 1.54) is 0 Å². The molecule has 1 aliphatic carbocycles. The number of carboxylic acid groups (broad SMARTS) is 1. The lowest BCUT2D eigenvalue weighted by Gasteiger charge is -2.20. The third kappa shape index (κ3) is 2.54. The molecule has 1 aliphatic rings. The van der Waals surface area contributed by atoms with Crippen molar-refractivity contribution in [3.63, 3.8) is 0 Å². The lowest BCUT2D eigenvalue weighted by atomic mass is 9.96. The van der Waals surface area contributed by atoms with Gasteiger partial charge < -0.3 is 10.4 Å². The van der Waals surface area contributed by atoms with Crippen LogP contribution in [-0.2, 0) is 17.6 Å². The van der Waals surface area contributed by atoms with Gasteiger partial charge in [0.1, 0.15) is 17.7 Å². The van der Waals surface area contributed by atoms with Crippen molar-refractivity contribution in [2.45, 2.75) is 45.6 Å². The molecule has 92 valence electrons. The molecule has 2 rings (SSSR count). The summed E-state index contributed by atoms with van der Waals surface area (Å²) in [5, 5.41) is 11.9. The first-order chi connectivity index (χ1) is 8.08. The van der Waals surface area contributed by atoms with Crippen LogP contribution in [0, 0.1) is 6.92 Å². The van der Waals surface area contributed by atoms with Crippen LogP contribution >= 0.6 is 0 Å². The van der Waals surface area contributed by atoms with Gasteiger partial charge in [0.15, 0.2) is 0 Å². The predicted octanol–water partition coefficient (Wildman–Crippen LogP) is 1.55. The van der Waals surface area contributed by atoms with Gasteiger partial charge in [-0.2, -0.15) is 0 Å². The molecule has 0 aromatic carbocycles. The number of anilines is 1. The summed E-state index contributed by atoms with van der Waals surface area (Å²) in [6.07, 6.45) is 4.17. The Bertz CT molecular complexity index is 446. The van der Waals surface area contributed by atoms with Crippen molar-refractivity contribution < 1.29 is 9.90 Å². The summed E-state index contributed by atoms with van der Waals surface area (Å²) in [7, 11) is 0. The van der Waals surface area contributed by atoms with E-state index in [1.807, 2.05) is 6.92 Å². The number of nitrogens with one attached hydrogen (secondary N) is 1. The molecule has 1 aromatic heterocycles. The number of aliphatic carboxylic acids is 1. The number of aryl methyl sites for hydroxylation is 2. The molecule has 17 heavy (non-hydrogen) atoms. The highest BCUT2D eigenvalue weighted by molar-refractivity contribution is 5.76. The van der Waals surface area contributed by atoms with Gasteiger partial charge in [-0.25, -0.2) is 9.97 Å². The molecular formula is C12H17N3O2. The van der Waals surface area contributed by atoms with Gasteiger partial charge in [0.2, 0.25) is 0 Å². The van der Waals surface area contributed by atoms with E-state index in [-0.39, 0.29) is 0 Å². The number of carbonyl (C=O) groups is 1. The molecule has 0 saturated carbocycles. The average molecular weight is 235 g/mol. The molecule has 0 bridgehead atoms. The first-order valence-corrected chi connectivity index (χ1v) is 5.93. The Hall–Kier alpha value is -1.65. The molecular weight excluding hydrogens is 218 g/mol. The van der Waals surface area contributed by atoms with Gasteiger partial charge in [0.25, 0.3) is 0 Å². The second-order valence-corrected chi connectivity index (χ2v) is 4.46. The summed E-state index contributed by atoms with van der Waals surface area (Å²) in [5.41, 5.74) is 2.17. The van der Waals surface area contributed by atoms with Crippen LogP contribution in [0.15, 0.2) is 0 Å². The molecule has 0 amide bonds. The largest absolute Gasteiger partial charge is 0.480 e. The van der Waals surface area contributed by atoms with Gasteiger partial charge in [-0.15, -0.1) is 0 Å². The minimum Gasteiger partial charge on any atom is -0.480 e. The number of rotatable bonds is 3. The summed E-state index contributed by atoms with van der Waals surface area (Å²) in [6, 6.07) is -0.629. The zero-order valence-corrected chi connectivity index (χ0v) is 10.2. The standard InChI is InChI=1S/C12H17N3O2/c1-7(12(16)17)13-11-9-5-3-4-6-10(9)14-8(2)15-11/h7H,3-6H2,1-2H3,(H,16,17)(H,13,14,15). The van der Waals surface area contributed by atoms with Crippen LogP contribution in [0.3, 0.4) is 0 Å². The van der Waals surface area contributed by atoms with Crippen LogP contribution in [0.25, 0.3) is 0 Å². The molecule has 0 saturated heterocycles. The van der Waals surface area contributed by atoms with Crippen molar-refractivity contribution in [2.24, 2.45) is 0 Å². The smallest absolute Gasteiger partial charge is 0.325 e. The van der Waals surface area contributed by atoms with Crippen molar-refractivity contribution in [1.29, 1.82) is 0 Å². The number of aromatic nitrogens is 2. The molecule has 0 fully saturated rings. The molecule has 1 atom stereocenters. The van der Waals surface area contributed by atoms with Gasteiger partial charge in [-0.1, -0.05) is 0 Å². The maximum absolute atomic E-state index is 10.9. The Balaban J connectivity index is 2.32. The van der Waals surface area contributed by atoms with E-state index in [0.29, 0.717) is 11.6 Å². The van der Waals surface area contributed by atoms with Crippen molar-refractivity contribution in [3.05, 3.63) is 17.1 Å². The highest BCUT2D eigenvalue weighted by Crippen LogP contribution is 2.25. The number of nitrogens with zero attached hydrogens (tertiary/aromatic N) is 2. The molecule has 0 aliphatic heterocycles. The maximum Gasteiger partial charge on any atom is 0.325 e. The maximum atomic E-state index is 10.9. The lowest BCUT2D eigenvalue weighted by Crippen LogP contribution is -2.27. The van der Waals surface area contributed by atoms with Gasteiger partial charge >= 0.3 is 5.97 Å². The van der Waals surface area contributed by atoms with Crippen molar-refractivity contribution in [1.82, 2.24) is 9.97 Å². The second-order valence-electron chi connectivity index (χ2n) is 4.46. The van der Waals surface area contributed by atoms with E-state index >= 15 is 0 Å². The van der Waals surface area contributed by atoms with Gasteiger partial charge in [0, 0.05) is 11.3 Å². The zero-order valence-electron chi connectivity index (χ0n) is 10.2. The summed E-state index contributed by atoms with van der Waals surface area (Å²) < 4.78 is 0. The van der Waals surface area contributed by atoms with Gasteiger partial charge in [-0.3, -0.25) is 4.79 Å². The second kappa shape index (κ2) is 4.69. The summed E-state index contributed by atoms with van der Waals surface area (Å²) >= 11 is 0. The first kappa shape index (κ1) is 11.8. The van der Waals surface area contributed by atoms with Crippen LogP contribution < -0.4 is 5.32 Å². The van der Waals surface area contributed by atoms with E-state index < -0.39 is 12.0 Å². The molecule has 5 nitrogen and oxygen atoms in total. The van der Waals surface area contributed by atoms with Gasteiger partial charge in [0.05, 0.1) is 0 Å². The fourth-order valence-electron chi connectivity index (χ4n) is 2.10. The quantitative estimate of drug-likeness (QED) is 0.831. The summed E-state index contributed by atoms with van der Waals surface area (Å²) in [4.78, 5) is 19.6. The van der Waals surface area contributed by atoms with Crippen LogP contribution in [-0.4, -0.2) is 27.1 Å². The molecule has 1 unspecified atom stereocenters. The highest BCUT2D eigenvalue weighted by Gasteiger charge is 2.19. The third-order valence-corrected chi connectivity index (χ3v) is 3.02. The topological polar surface area (TPSA) is 75.1 Å². The molecule has 1 aromatic rings. The average Bonchev–Trinajstić information content (AvgIpc) is 2.28. The third-order valence-electron chi connectivity index (χ3n) is 3.02. The SMILES string of the molecule is Cc1nc2c(c(NC(C)C(=O)O)n1)CCCC2. The van der Waals surface area contributed by atoms with Crippen molar-refractivity contribution in [2.75, 3.05) is 5.32 Å². The number of carboxylic acids is 1. The fraction of sp³-hybridized carbons (Fsp3) is 0.583. The summed E-state index contributed by atoms with van der Waals surface area (Å²) in [6.45, 7) is 3.46. The first-order valence-electron chi connectivity index (χ1n) is 5.93. The van der Waals surface area contributed by atoms with Crippen molar-refractivity contribution in [3.8, 4) is 0 Å². The molecule has 5 heteroatoms. The number of hydrogen-bond donors (Lipinski definition) is 2. The van der Waals surface area contributed by atoms with E-state index in [2.05, 4.69) is 15.3 Å². The predicted molar refractivity (Wildman–Crippen MR) is 64.1 cm³/mol. The molecule has 1 heterocycles. The lowest BCUT2D eigenvalue weighted by molar-refractivity contribution is -0.137. The van der Waals surface area contributed by atoms with Crippen LogP contribution in [0.2, 0.25) is 0 Å². The van der Waals surface area contributed by atoms with E-state index in [9.17, 15) is 4.79 Å². The Labute approximate surface area is 100 Å². The fourth-order valence-corrected chi connectivity index (χ4v) is 2.10. The van der Waals surface area contributed by atoms with Crippen LogP contribution in [0.5, 0.6) is 0 Å².